The maximum atomic E-state index is 14.9. The molecule has 0 radical (unpaired) electrons. The highest BCUT2D eigenvalue weighted by atomic mass is 19.1. The number of ether oxygens (including phenoxy) is 1. The molecule has 5 rings (SSSR count). The van der Waals surface area contributed by atoms with Crippen molar-refractivity contribution in [2.75, 3.05) is 32.0 Å². The van der Waals surface area contributed by atoms with E-state index in [-0.39, 0.29) is 17.6 Å². The molecule has 2 fully saturated rings. The number of amides is 1. The van der Waals surface area contributed by atoms with Gasteiger partial charge in [-0.25, -0.2) is 19.3 Å². The van der Waals surface area contributed by atoms with Crippen LogP contribution in [0, 0.1) is 12.7 Å². The van der Waals surface area contributed by atoms with Gasteiger partial charge in [-0.2, -0.15) is 0 Å². The van der Waals surface area contributed by atoms with Gasteiger partial charge in [-0.05, 0) is 50.8 Å². The molecule has 1 atom stereocenters. The molecule has 1 aromatic carbocycles. The van der Waals surface area contributed by atoms with Crippen molar-refractivity contribution < 1.29 is 13.9 Å². The summed E-state index contributed by atoms with van der Waals surface area (Å²) in [7, 11) is 0. The number of aromatic nitrogens is 3. The quantitative estimate of drug-likeness (QED) is 0.658. The lowest BCUT2D eigenvalue weighted by Crippen LogP contribution is -2.52. The Kier molecular flexibility index (Phi) is 5.70. The van der Waals surface area contributed by atoms with Crippen molar-refractivity contribution in [3.63, 3.8) is 0 Å². The molecule has 172 valence electrons. The van der Waals surface area contributed by atoms with E-state index in [2.05, 4.69) is 9.97 Å². The molecule has 1 amide bonds. The van der Waals surface area contributed by atoms with Crippen molar-refractivity contribution >= 4 is 22.8 Å². The van der Waals surface area contributed by atoms with Gasteiger partial charge in [0.25, 0.3) is 0 Å². The van der Waals surface area contributed by atoms with E-state index in [0.29, 0.717) is 62.0 Å². The number of nitrogens with two attached hydrogens (primary N) is 1. The van der Waals surface area contributed by atoms with Crippen LogP contribution in [0.5, 0.6) is 0 Å². The zero-order chi connectivity index (χ0) is 23.0. The lowest BCUT2D eigenvalue weighted by Gasteiger charge is -2.42. The van der Waals surface area contributed by atoms with Gasteiger partial charge < -0.3 is 15.4 Å². The van der Waals surface area contributed by atoms with Crippen LogP contribution in [0.15, 0.2) is 36.4 Å². The highest BCUT2D eigenvalue weighted by molar-refractivity contribution is 5.89. The Balaban J connectivity index is 1.45. The highest BCUT2D eigenvalue weighted by Gasteiger charge is 2.46. The molecule has 0 bridgehead atoms. The zero-order valence-corrected chi connectivity index (χ0v) is 18.8. The number of halogens is 1. The molecular weight excluding hydrogens is 421 g/mol. The van der Waals surface area contributed by atoms with E-state index >= 15 is 0 Å². The lowest BCUT2D eigenvalue weighted by atomic mass is 9.72. The Hall–Kier alpha value is -3.13. The minimum atomic E-state index is -0.888. The molecule has 2 saturated heterocycles. The number of pyridine rings is 1. The number of hydrogen-bond acceptors (Lipinski definition) is 6. The number of anilines is 1. The summed E-state index contributed by atoms with van der Waals surface area (Å²) >= 11 is 0. The summed E-state index contributed by atoms with van der Waals surface area (Å²) in [4.78, 5) is 29.3. The van der Waals surface area contributed by atoms with Crippen molar-refractivity contribution in [1.82, 2.24) is 19.9 Å². The van der Waals surface area contributed by atoms with Gasteiger partial charge in [-0.15, -0.1) is 0 Å². The second-order valence-electron chi connectivity index (χ2n) is 9.03. The first-order valence-electron chi connectivity index (χ1n) is 11.5. The topological polar surface area (TPSA) is 94.2 Å². The van der Waals surface area contributed by atoms with Crippen LogP contribution in [0.4, 0.5) is 10.2 Å². The summed E-state index contributed by atoms with van der Waals surface area (Å²) in [5.74, 6) is 0.745. The summed E-state index contributed by atoms with van der Waals surface area (Å²) in [5, 5.41) is 0.730. The standard InChI is InChI=1S/C25H28FN5O2/c1-16-28-22(27)18-8-9-21(30-23(18)29-16)17-5-4-12-31(15-17)24(32)25(10-13-33-14-11-25)19-6-2-3-7-20(19)26/h2-3,6-9,17H,4-5,10-15H2,1H3,(H2,27,28,29,30)/t17-/m1/s1. The van der Waals surface area contributed by atoms with E-state index in [1.54, 1.807) is 25.1 Å². The Labute approximate surface area is 192 Å². The van der Waals surface area contributed by atoms with Gasteiger partial charge in [0.1, 0.15) is 17.5 Å². The minimum Gasteiger partial charge on any atom is -0.383 e. The number of rotatable bonds is 3. The first-order chi connectivity index (χ1) is 16.0. The molecule has 4 heterocycles. The zero-order valence-electron chi connectivity index (χ0n) is 18.8. The second kappa shape index (κ2) is 8.67. The Morgan fingerprint density at radius 3 is 2.73 bits per heavy atom. The molecule has 3 aromatic rings. The molecule has 2 aromatic heterocycles. The first-order valence-corrected chi connectivity index (χ1v) is 11.5. The third-order valence-corrected chi connectivity index (χ3v) is 6.99. The van der Waals surface area contributed by atoms with Crippen LogP contribution < -0.4 is 5.73 Å². The monoisotopic (exact) mass is 449 g/mol. The predicted molar refractivity (Wildman–Crippen MR) is 123 cm³/mol. The second-order valence-corrected chi connectivity index (χ2v) is 9.03. The van der Waals surface area contributed by atoms with Gasteiger partial charge >= 0.3 is 0 Å². The minimum absolute atomic E-state index is 0.0104. The SMILES string of the molecule is Cc1nc(N)c2ccc([C@@H]3CCCN(C(=O)C4(c5ccccc5F)CCOCC4)C3)nc2n1. The van der Waals surface area contributed by atoms with E-state index in [4.69, 9.17) is 15.5 Å². The Morgan fingerprint density at radius 2 is 1.94 bits per heavy atom. The maximum Gasteiger partial charge on any atom is 0.233 e. The number of nitrogen functional groups attached to an aromatic ring is 1. The molecule has 0 saturated carbocycles. The molecule has 8 heteroatoms. The number of carbonyl (C=O) groups excluding carboxylic acids is 1. The van der Waals surface area contributed by atoms with E-state index in [9.17, 15) is 9.18 Å². The van der Waals surface area contributed by atoms with Gasteiger partial charge in [0.05, 0.1) is 10.8 Å². The molecule has 33 heavy (non-hydrogen) atoms. The number of aryl methyl sites for hydroxylation is 1. The molecule has 2 aliphatic heterocycles. The number of hydrogen-bond donors (Lipinski definition) is 1. The van der Waals surface area contributed by atoms with Gasteiger partial charge in [-0.1, -0.05) is 18.2 Å². The fourth-order valence-corrected chi connectivity index (χ4v) is 5.26. The summed E-state index contributed by atoms with van der Waals surface area (Å²) in [6, 6.07) is 10.5. The molecular formula is C25H28FN5O2. The molecule has 0 spiro atoms. The highest BCUT2D eigenvalue weighted by Crippen LogP contribution is 2.40. The van der Waals surface area contributed by atoms with Crippen molar-refractivity contribution in [1.29, 1.82) is 0 Å². The van der Waals surface area contributed by atoms with Crippen LogP contribution in [-0.4, -0.2) is 52.1 Å². The fourth-order valence-electron chi connectivity index (χ4n) is 5.26. The van der Waals surface area contributed by atoms with Gasteiger partial charge in [0.15, 0.2) is 5.65 Å². The molecule has 0 aliphatic carbocycles. The Morgan fingerprint density at radius 1 is 1.15 bits per heavy atom. The normalized spacial score (nSPS) is 20.7. The van der Waals surface area contributed by atoms with E-state index in [1.165, 1.54) is 6.07 Å². The van der Waals surface area contributed by atoms with E-state index in [1.807, 2.05) is 17.0 Å². The summed E-state index contributed by atoms with van der Waals surface area (Å²) in [6.45, 7) is 3.90. The number of likely N-dealkylation sites (tertiary alicyclic amines) is 1. The fraction of sp³-hybridized carbons (Fsp3) is 0.440. The Bertz CT molecular complexity index is 1190. The van der Waals surface area contributed by atoms with E-state index < -0.39 is 5.41 Å². The summed E-state index contributed by atoms with van der Waals surface area (Å²) < 4.78 is 20.4. The number of fused-ring (bicyclic) bond motifs is 1. The lowest BCUT2D eigenvalue weighted by molar-refractivity contribution is -0.142. The predicted octanol–water partition coefficient (Wildman–Crippen LogP) is 3.51. The van der Waals surface area contributed by atoms with Crippen LogP contribution >= 0.6 is 0 Å². The average molecular weight is 450 g/mol. The van der Waals surface area contributed by atoms with Crippen LogP contribution in [0.3, 0.4) is 0 Å². The maximum absolute atomic E-state index is 14.9. The third-order valence-electron chi connectivity index (χ3n) is 6.99. The van der Waals surface area contributed by atoms with Crippen LogP contribution in [0.2, 0.25) is 0 Å². The van der Waals surface area contributed by atoms with Crippen molar-refractivity contribution in [3.8, 4) is 0 Å². The first kappa shape index (κ1) is 21.7. The van der Waals surface area contributed by atoms with Crippen LogP contribution in [-0.2, 0) is 14.9 Å². The summed E-state index contributed by atoms with van der Waals surface area (Å²) in [5.41, 5.74) is 7.09. The van der Waals surface area contributed by atoms with E-state index in [0.717, 1.165) is 23.9 Å². The number of nitrogens with zero attached hydrogens (tertiary/aromatic N) is 4. The molecule has 2 N–H and O–H groups in total. The van der Waals surface area contributed by atoms with Gasteiger partial charge in [0, 0.05) is 43.5 Å². The smallest absolute Gasteiger partial charge is 0.233 e. The van der Waals surface area contributed by atoms with Gasteiger partial charge in [0.2, 0.25) is 5.91 Å². The van der Waals surface area contributed by atoms with Gasteiger partial charge in [-0.3, -0.25) is 4.79 Å². The molecule has 2 aliphatic rings. The largest absolute Gasteiger partial charge is 0.383 e. The molecule has 0 unspecified atom stereocenters. The number of carbonyl (C=O) groups is 1. The number of benzene rings is 1. The van der Waals surface area contributed by atoms with Crippen molar-refractivity contribution in [2.45, 2.75) is 43.9 Å². The number of piperidine rings is 1. The van der Waals surface area contributed by atoms with Crippen molar-refractivity contribution in [3.05, 3.63) is 59.3 Å². The summed E-state index contributed by atoms with van der Waals surface area (Å²) in [6.07, 6.45) is 2.76. The van der Waals surface area contributed by atoms with Crippen molar-refractivity contribution in [2.24, 2.45) is 0 Å². The van der Waals surface area contributed by atoms with Crippen LogP contribution in [0.1, 0.15) is 48.7 Å². The molecule has 7 nitrogen and oxygen atoms in total. The average Bonchev–Trinajstić information content (AvgIpc) is 2.84. The third kappa shape index (κ3) is 3.93. The van der Waals surface area contributed by atoms with Crippen LogP contribution in [0.25, 0.3) is 11.0 Å².